The van der Waals surface area contributed by atoms with Crippen LogP contribution in [-0.2, 0) is 4.79 Å². The van der Waals surface area contributed by atoms with E-state index in [1.807, 2.05) is 0 Å². The van der Waals surface area contributed by atoms with Crippen molar-refractivity contribution in [1.82, 2.24) is 10.2 Å². The molecule has 2 atom stereocenters. The number of Topliss-reactive ketones (excluding diaryl/α,β-unsaturated/α-hetero) is 1. The summed E-state index contributed by atoms with van der Waals surface area (Å²) in [5.41, 5.74) is 0. The van der Waals surface area contributed by atoms with Gasteiger partial charge in [0.2, 0.25) is 0 Å². The van der Waals surface area contributed by atoms with E-state index in [0.29, 0.717) is 24.4 Å². The van der Waals surface area contributed by atoms with Gasteiger partial charge in [-0.2, -0.15) is 0 Å². The van der Waals surface area contributed by atoms with Crippen LogP contribution in [0.15, 0.2) is 0 Å². The third-order valence-electron chi connectivity index (χ3n) is 3.21. The van der Waals surface area contributed by atoms with Gasteiger partial charge in [0.15, 0.2) is 0 Å². The Balaban J connectivity index is 1.84. The molecule has 0 saturated carbocycles. The molecule has 2 aliphatic rings. The lowest BCUT2D eigenvalue weighted by molar-refractivity contribution is -0.117. The molecule has 0 bridgehead atoms. The second kappa shape index (κ2) is 3.76. The molecule has 2 saturated heterocycles. The Morgan fingerprint density at radius 3 is 2.85 bits per heavy atom. The zero-order valence-corrected chi connectivity index (χ0v) is 8.25. The van der Waals surface area contributed by atoms with Crippen molar-refractivity contribution in [3.05, 3.63) is 0 Å². The Kier molecular flexibility index (Phi) is 2.65. The summed E-state index contributed by atoms with van der Waals surface area (Å²) in [6, 6.07) is 1.28. The standard InChI is InChI=1S/C10H18N2O/c1-8-2-3-9(6-11-8)12-5-4-10(13)7-12/h8-9,11H,2-7H2,1H3. The average molecular weight is 182 g/mol. The molecule has 0 aromatic carbocycles. The van der Waals surface area contributed by atoms with Gasteiger partial charge in [-0.05, 0) is 19.8 Å². The summed E-state index contributed by atoms with van der Waals surface area (Å²) >= 11 is 0. The summed E-state index contributed by atoms with van der Waals surface area (Å²) in [5, 5.41) is 3.47. The van der Waals surface area contributed by atoms with Crippen molar-refractivity contribution in [2.75, 3.05) is 19.6 Å². The summed E-state index contributed by atoms with van der Waals surface area (Å²) in [4.78, 5) is 13.4. The fraction of sp³-hybridized carbons (Fsp3) is 0.900. The van der Waals surface area contributed by atoms with E-state index in [-0.39, 0.29) is 0 Å². The number of hydrogen-bond donors (Lipinski definition) is 1. The quantitative estimate of drug-likeness (QED) is 0.637. The van der Waals surface area contributed by atoms with Crippen molar-refractivity contribution in [1.29, 1.82) is 0 Å². The highest BCUT2D eigenvalue weighted by atomic mass is 16.1. The van der Waals surface area contributed by atoms with Gasteiger partial charge >= 0.3 is 0 Å². The van der Waals surface area contributed by atoms with Gasteiger partial charge in [-0.1, -0.05) is 0 Å². The average Bonchev–Trinajstić information content (AvgIpc) is 2.53. The fourth-order valence-corrected chi connectivity index (χ4v) is 2.26. The van der Waals surface area contributed by atoms with Crippen molar-refractivity contribution in [2.45, 2.75) is 38.3 Å². The zero-order chi connectivity index (χ0) is 9.26. The molecule has 2 rings (SSSR count). The van der Waals surface area contributed by atoms with E-state index in [1.165, 1.54) is 12.8 Å². The van der Waals surface area contributed by atoms with Crippen molar-refractivity contribution in [3.8, 4) is 0 Å². The third kappa shape index (κ3) is 2.09. The maximum atomic E-state index is 11.1. The number of rotatable bonds is 1. The van der Waals surface area contributed by atoms with Crippen molar-refractivity contribution >= 4 is 5.78 Å². The van der Waals surface area contributed by atoms with Gasteiger partial charge in [0.1, 0.15) is 5.78 Å². The van der Waals surface area contributed by atoms with Crippen molar-refractivity contribution < 1.29 is 4.79 Å². The van der Waals surface area contributed by atoms with Gasteiger partial charge in [0.05, 0.1) is 6.54 Å². The molecule has 74 valence electrons. The van der Waals surface area contributed by atoms with Crippen molar-refractivity contribution in [3.63, 3.8) is 0 Å². The lowest BCUT2D eigenvalue weighted by atomic mass is 10.0. The van der Waals surface area contributed by atoms with E-state index in [1.54, 1.807) is 0 Å². The van der Waals surface area contributed by atoms with Crippen LogP contribution in [0, 0.1) is 0 Å². The van der Waals surface area contributed by atoms with Gasteiger partial charge < -0.3 is 5.32 Å². The summed E-state index contributed by atoms with van der Waals surface area (Å²) < 4.78 is 0. The Morgan fingerprint density at radius 1 is 1.46 bits per heavy atom. The first-order valence-corrected chi connectivity index (χ1v) is 5.25. The predicted octanol–water partition coefficient (Wildman–Crippen LogP) is 0.402. The Bertz CT molecular complexity index is 197. The molecule has 0 radical (unpaired) electrons. The van der Waals surface area contributed by atoms with Crippen LogP contribution < -0.4 is 5.32 Å². The number of likely N-dealkylation sites (tertiary alicyclic amines) is 1. The normalized spacial score (nSPS) is 36.8. The minimum Gasteiger partial charge on any atom is -0.313 e. The van der Waals surface area contributed by atoms with E-state index in [0.717, 1.165) is 19.5 Å². The Hall–Kier alpha value is -0.410. The van der Waals surface area contributed by atoms with E-state index < -0.39 is 0 Å². The minimum atomic E-state index is 0.415. The second-order valence-electron chi connectivity index (χ2n) is 4.30. The molecule has 0 aromatic heterocycles. The number of carbonyl (C=O) groups excluding carboxylic acids is 1. The van der Waals surface area contributed by atoms with E-state index in [4.69, 9.17) is 0 Å². The van der Waals surface area contributed by atoms with Crippen LogP contribution in [0.1, 0.15) is 26.2 Å². The highest BCUT2D eigenvalue weighted by molar-refractivity contribution is 5.82. The molecule has 2 fully saturated rings. The number of nitrogens with zero attached hydrogens (tertiary/aromatic N) is 1. The number of ketones is 1. The monoisotopic (exact) mass is 182 g/mol. The summed E-state index contributed by atoms with van der Waals surface area (Å²) in [7, 11) is 0. The number of carbonyl (C=O) groups is 1. The number of hydrogen-bond acceptors (Lipinski definition) is 3. The molecule has 3 heteroatoms. The first kappa shape index (κ1) is 9.16. The molecule has 0 aliphatic carbocycles. The van der Waals surface area contributed by atoms with Gasteiger partial charge in [0.25, 0.3) is 0 Å². The van der Waals surface area contributed by atoms with E-state index in [9.17, 15) is 4.79 Å². The van der Waals surface area contributed by atoms with Crippen LogP contribution in [0.25, 0.3) is 0 Å². The topological polar surface area (TPSA) is 32.3 Å². The summed E-state index contributed by atoms with van der Waals surface area (Å²) in [6.45, 7) is 4.97. The van der Waals surface area contributed by atoms with E-state index >= 15 is 0 Å². The fourth-order valence-electron chi connectivity index (χ4n) is 2.26. The largest absolute Gasteiger partial charge is 0.313 e. The van der Waals surface area contributed by atoms with E-state index in [2.05, 4.69) is 17.1 Å². The smallest absolute Gasteiger partial charge is 0.148 e. The lowest BCUT2D eigenvalue weighted by Crippen LogP contribution is -2.48. The second-order valence-corrected chi connectivity index (χ2v) is 4.30. The highest BCUT2D eigenvalue weighted by Crippen LogP contribution is 2.17. The minimum absolute atomic E-state index is 0.415. The van der Waals surface area contributed by atoms with Gasteiger partial charge in [-0.15, -0.1) is 0 Å². The van der Waals surface area contributed by atoms with Crippen LogP contribution in [0.2, 0.25) is 0 Å². The number of nitrogens with one attached hydrogen (secondary N) is 1. The molecule has 0 aromatic rings. The predicted molar refractivity (Wildman–Crippen MR) is 51.7 cm³/mol. The van der Waals surface area contributed by atoms with Crippen LogP contribution >= 0.6 is 0 Å². The maximum Gasteiger partial charge on any atom is 0.148 e. The molecule has 2 heterocycles. The highest BCUT2D eigenvalue weighted by Gasteiger charge is 2.28. The Morgan fingerprint density at radius 2 is 2.31 bits per heavy atom. The molecular weight excluding hydrogens is 164 g/mol. The SMILES string of the molecule is CC1CCC(N2CCC(=O)C2)CN1. The molecule has 2 unspecified atom stereocenters. The number of piperidine rings is 1. The molecule has 0 amide bonds. The van der Waals surface area contributed by atoms with Crippen LogP contribution in [0.3, 0.4) is 0 Å². The summed E-state index contributed by atoms with van der Waals surface area (Å²) in [5.74, 6) is 0.415. The van der Waals surface area contributed by atoms with Crippen LogP contribution in [0.4, 0.5) is 0 Å². The first-order valence-electron chi connectivity index (χ1n) is 5.25. The molecule has 3 nitrogen and oxygen atoms in total. The Labute approximate surface area is 79.5 Å². The maximum absolute atomic E-state index is 11.1. The molecule has 13 heavy (non-hydrogen) atoms. The van der Waals surface area contributed by atoms with Gasteiger partial charge in [-0.3, -0.25) is 9.69 Å². The first-order chi connectivity index (χ1) is 6.25. The lowest BCUT2D eigenvalue weighted by Gasteiger charge is -2.33. The van der Waals surface area contributed by atoms with Crippen LogP contribution in [-0.4, -0.2) is 42.4 Å². The third-order valence-corrected chi connectivity index (χ3v) is 3.21. The molecule has 0 spiro atoms. The molecular formula is C10H18N2O. The van der Waals surface area contributed by atoms with Crippen molar-refractivity contribution in [2.24, 2.45) is 0 Å². The molecule has 1 N–H and O–H groups in total. The van der Waals surface area contributed by atoms with Crippen LogP contribution in [0.5, 0.6) is 0 Å². The van der Waals surface area contributed by atoms with Gasteiger partial charge in [0, 0.05) is 31.6 Å². The van der Waals surface area contributed by atoms with Gasteiger partial charge in [-0.25, -0.2) is 0 Å². The summed E-state index contributed by atoms with van der Waals surface area (Å²) in [6.07, 6.45) is 3.27. The molecule has 2 aliphatic heterocycles. The zero-order valence-electron chi connectivity index (χ0n) is 8.25.